The standard InChI is InChI=1S/C52H89NO7/c1-6-8-10-12-14-16-18-20-22-23-24-25-26-27-29-31-33-35-37-39-41-43-51(55)60-48(46-58-45-44-49(52(56)57)53(3,4)5)47-59-50(54)42-40-38-36-34-32-30-28-21-19-17-15-13-11-9-7-2/h14,16-17,19-20,22,24-25,27,29,33,35,48-49H,6-13,15,18,21,23,26,28,30-32,34,36-47H2,1-5H3/b16-14+,19-17+,22-20+,25-24+,29-27+,35-33+. The van der Waals surface area contributed by atoms with Crippen molar-refractivity contribution in [1.82, 2.24) is 0 Å². The van der Waals surface area contributed by atoms with Gasteiger partial charge in [0.1, 0.15) is 12.6 Å². The fraction of sp³-hybridized carbons (Fsp3) is 0.712. The van der Waals surface area contributed by atoms with Crippen molar-refractivity contribution < 1.29 is 38.2 Å². The number of carbonyl (C=O) groups excluding carboxylic acids is 3. The second-order valence-corrected chi connectivity index (χ2v) is 17.0. The lowest BCUT2D eigenvalue weighted by Gasteiger charge is -2.34. The topological polar surface area (TPSA) is 102 Å². The van der Waals surface area contributed by atoms with E-state index in [-0.39, 0.29) is 49.1 Å². The molecule has 2 atom stereocenters. The highest BCUT2D eigenvalue weighted by Gasteiger charge is 2.25. The molecule has 0 bridgehead atoms. The van der Waals surface area contributed by atoms with Gasteiger partial charge in [0.25, 0.3) is 0 Å². The average Bonchev–Trinajstić information content (AvgIpc) is 3.21. The summed E-state index contributed by atoms with van der Waals surface area (Å²) in [6.07, 6.45) is 53.5. The van der Waals surface area contributed by atoms with Crippen LogP contribution in [-0.2, 0) is 28.6 Å². The van der Waals surface area contributed by atoms with Gasteiger partial charge in [0.2, 0.25) is 0 Å². The number of likely N-dealkylation sites (N-methyl/N-ethyl adjacent to an activating group) is 1. The number of hydrogen-bond donors (Lipinski definition) is 0. The van der Waals surface area contributed by atoms with Crippen molar-refractivity contribution in [3.05, 3.63) is 72.9 Å². The lowest BCUT2D eigenvalue weighted by molar-refractivity contribution is -0.889. The molecule has 0 aliphatic heterocycles. The summed E-state index contributed by atoms with van der Waals surface area (Å²) in [7, 11) is 5.39. The van der Waals surface area contributed by atoms with Crippen LogP contribution >= 0.6 is 0 Å². The molecule has 0 fully saturated rings. The number of unbranched alkanes of at least 4 members (excludes halogenated alkanes) is 16. The van der Waals surface area contributed by atoms with Crippen molar-refractivity contribution in [2.75, 3.05) is 41.0 Å². The van der Waals surface area contributed by atoms with Crippen molar-refractivity contribution in [1.29, 1.82) is 0 Å². The number of esters is 2. The normalized spacial score (nSPS) is 13.6. The first kappa shape index (κ1) is 56.8. The van der Waals surface area contributed by atoms with E-state index in [0.717, 1.165) is 57.8 Å². The fourth-order valence-electron chi connectivity index (χ4n) is 6.55. The molecule has 0 saturated carbocycles. The van der Waals surface area contributed by atoms with Crippen LogP contribution in [0, 0.1) is 0 Å². The number of nitrogens with zero attached hydrogens (tertiary/aromatic N) is 1. The molecule has 344 valence electrons. The molecule has 0 aromatic carbocycles. The fourth-order valence-corrected chi connectivity index (χ4v) is 6.55. The molecule has 0 amide bonds. The number of allylic oxidation sites excluding steroid dienone is 12. The van der Waals surface area contributed by atoms with Crippen LogP contribution in [0.15, 0.2) is 72.9 Å². The molecule has 8 heteroatoms. The number of rotatable bonds is 42. The first-order valence-corrected chi connectivity index (χ1v) is 24.0. The van der Waals surface area contributed by atoms with Crippen molar-refractivity contribution in [3.8, 4) is 0 Å². The Morgan fingerprint density at radius 1 is 0.500 bits per heavy atom. The smallest absolute Gasteiger partial charge is 0.306 e. The second kappa shape index (κ2) is 42.5. The highest BCUT2D eigenvalue weighted by molar-refractivity contribution is 5.70. The summed E-state index contributed by atoms with van der Waals surface area (Å²) < 4.78 is 17.1. The van der Waals surface area contributed by atoms with Gasteiger partial charge in [-0.3, -0.25) is 9.59 Å². The number of carboxylic acid groups (broad SMARTS) is 1. The van der Waals surface area contributed by atoms with Crippen LogP contribution in [0.4, 0.5) is 0 Å². The first-order chi connectivity index (χ1) is 29.1. The van der Waals surface area contributed by atoms with Crippen LogP contribution in [0.2, 0.25) is 0 Å². The maximum absolute atomic E-state index is 12.7. The van der Waals surface area contributed by atoms with E-state index in [1.165, 1.54) is 89.9 Å². The van der Waals surface area contributed by atoms with Crippen LogP contribution < -0.4 is 5.11 Å². The van der Waals surface area contributed by atoms with Crippen molar-refractivity contribution >= 4 is 17.9 Å². The van der Waals surface area contributed by atoms with E-state index in [0.29, 0.717) is 12.8 Å². The second-order valence-electron chi connectivity index (χ2n) is 17.0. The lowest BCUT2D eigenvalue weighted by Crippen LogP contribution is -2.55. The van der Waals surface area contributed by atoms with Gasteiger partial charge in [0, 0.05) is 19.3 Å². The molecule has 0 aliphatic rings. The predicted molar refractivity (Wildman–Crippen MR) is 249 cm³/mol. The number of ether oxygens (including phenoxy) is 3. The highest BCUT2D eigenvalue weighted by atomic mass is 16.6. The molecule has 60 heavy (non-hydrogen) atoms. The molecule has 8 nitrogen and oxygen atoms in total. The zero-order chi connectivity index (χ0) is 44.2. The van der Waals surface area contributed by atoms with Gasteiger partial charge in [-0.05, 0) is 89.9 Å². The zero-order valence-corrected chi connectivity index (χ0v) is 39.1. The van der Waals surface area contributed by atoms with E-state index < -0.39 is 18.1 Å². The quantitative estimate of drug-likeness (QED) is 0.0261. The third-order valence-electron chi connectivity index (χ3n) is 10.3. The molecule has 0 aromatic heterocycles. The Labute approximate surface area is 368 Å². The summed E-state index contributed by atoms with van der Waals surface area (Å²) in [5.74, 6) is -1.80. The maximum Gasteiger partial charge on any atom is 0.306 e. The summed E-state index contributed by atoms with van der Waals surface area (Å²) in [6, 6.07) is -0.738. The third-order valence-corrected chi connectivity index (χ3v) is 10.3. The number of quaternary nitrogens is 1. The minimum Gasteiger partial charge on any atom is -0.544 e. The van der Waals surface area contributed by atoms with Crippen LogP contribution in [0.3, 0.4) is 0 Å². The predicted octanol–water partition coefficient (Wildman–Crippen LogP) is 12.2. The van der Waals surface area contributed by atoms with Crippen LogP contribution in [-0.4, -0.2) is 75.5 Å². The Morgan fingerprint density at radius 3 is 1.38 bits per heavy atom. The van der Waals surface area contributed by atoms with Crippen molar-refractivity contribution in [3.63, 3.8) is 0 Å². The van der Waals surface area contributed by atoms with Crippen LogP contribution in [0.25, 0.3) is 0 Å². The summed E-state index contributed by atoms with van der Waals surface area (Å²) in [5, 5.41) is 11.6. The van der Waals surface area contributed by atoms with Gasteiger partial charge in [-0.1, -0.05) is 151 Å². The minimum atomic E-state index is -1.13. The summed E-state index contributed by atoms with van der Waals surface area (Å²) in [5.41, 5.74) is 0. The van der Waals surface area contributed by atoms with Crippen LogP contribution in [0.5, 0.6) is 0 Å². The largest absolute Gasteiger partial charge is 0.544 e. The molecule has 0 aliphatic carbocycles. The molecule has 0 N–H and O–H groups in total. The van der Waals surface area contributed by atoms with Crippen molar-refractivity contribution in [2.24, 2.45) is 0 Å². The molecule has 0 rings (SSSR count). The Bertz CT molecular complexity index is 1210. The molecule has 0 radical (unpaired) electrons. The third kappa shape index (κ3) is 40.2. The van der Waals surface area contributed by atoms with E-state index in [1.807, 2.05) is 0 Å². The van der Waals surface area contributed by atoms with Crippen molar-refractivity contribution in [2.45, 2.75) is 199 Å². The number of carbonyl (C=O) groups is 3. The first-order valence-electron chi connectivity index (χ1n) is 24.0. The molecule has 2 unspecified atom stereocenters. The summed E-state index contributed by atoms with van der Waals surface area (Å²) in [6.45, 7) is 4.57. The summed E-state index contributed by atoms with van der Waals surface area (Å²) >= 11 is 0. The molecule has 0 aromatic rings. The van der Waals surface area contributed by atoms with Gasteiger partial charge >= 0.3 is 11.9 Å². The van der Waals surface area contributed by atoms with E-state index in [1.54, 1.807) is 21.1 Å². The minimum absolute atomic E-state index is 0.0187. The Hall–Kier alpha value is -3.23. The van der Waals surface area contributed by atoms with E-state index in [4.69, 9.17) is 14.2 Å². The van der Waals surface area contributed by atoms with Gasteiger partial charge in [0.15, 0.2) is 6.10 Å². The molecular formula is C52H89NO7. The molecular weight excluding hydrogens is 751 g/mol. The Morgan fingerprint density at radius 2 is 0.883 bits per heavy atom. The SMILES string of the molecule is CCCCC/C=C/C/C=C/C/C=C/C/C=C/C/C=C/CCCCC(=O)OC(COCCC(C(=O)[O-])[N+](C)(C)C)COC(=O)CCCCCCCCC/C=C/CCCCCC. The highest BCUT2D eigenvalue weighted by Crippen LogP contribution is 2.13. The van der Waals surface area contributed by atoms with E-state index in [2.05, 4.69) is 86.8 Å². The van der Waals surface area contributed by atoms with E-state index in [9.17, 15) is 19.5 Å². The molecule has 0 spiro atoms. The number of carboxylic acids is 1. The van der Waals surface area contributed by atoms with E-state index >= 15 is 0 Å². The lowest BCUT2D eigenvalue weighted by atomic mass is 10.1. The van der Waals surface area contributed by atoms with Gasteiger partial charge in [-0.2, -0.15) is 0 Å². The monoisotopic (exact) mass is 840 g/mol. The zero-order valence-electron chi connectivity index (χ0n) is 39.1. The van der Waals surface area contributed by atoms with Gasteiger partial charge < -0.3 is 28.6 Å². The molecule has 0 heterocycles. The summed E-state index contributed by atoms with van der Waals surface area (Å²) in [4.78, 5) is 36.9. The number of hydrogen-bond acceptors (Lipinski definition) is 7. The maximum atomic E-state index is 12.7. The Kier molecular flexibility index (Phi) is 40.2. The van der Waals surface area contributed by atoms with Crippen LogP contribution in [0.1, 0.15) is 187 Å². The Balaban J connectivity index is 4.41. The molecule has 0 saturated heterocycles. The average molecular weight is 840 g/mol. The van der Waals surface area contributed by atoms with Gasteiger partial charge in [-0.15, -0.1) is 0 Å². The number of aliphatic carboxylic acids is 1. The van der Waals surface area contributed by atoms with Gasteiger partial charge in [-0.25, -0.2) is 0 Å². The van der Waals surface area contributed by atoms with Gasteiger partial charge in [0.05, 0.1) is 40.3 Å².